The molecule has 106 valence electrons. The molecule has 1 aromatic heterocycles. The van der Waals surface area contributed by atoms with Gasteiger partial charge in [0.1, 0.15) is 5.76 Å². The Hall–Kier alpha value is -1.27. The van der Waals surface area contributed by atoms with Gasteiger partial charge in [-0.2, -0.15) is 13.2 Å². The van der Waals surface area contributed by atoms with Crippen LogP contribution in [0, 0.1) is 0 Å². The summed E-state index contributed by atoms with van der Waals surface area (Å²) in [5.74, 6) is 0.663. The van der Waals surface area contributed by atoms with E-state index in [4.69, 9.17) is 4.42 Å². The highest BCUT2D eigenvalue weighted by Crippen LogP contribution is 2.32. The summed E-state index contributed by atoms with van der Waals surface area (Å²) in [7, 11) is 0. The molecule has 1 aliphatic heterocycles. The van der Waals surface area contributed by atoms with Crippen LogP contribution in [0.4, 0.5) is 13.2 Å². The van der Waals surface area contributed by atoms with Crippen molar-refractivity contribution >= 4 is 5.57 Å². The SMILES string of the molecule is CC(O)(CN1CCC=C(c2ccco2)C1)C(F)(F)F. The van der Waals surface area contributed by atoms with E-state index in [1.54, 1.807) is 17.0 Å². The van der Waals surface area contributed by atoms with E-state index in [0.29, 0.717) is 25.3 Å². The van der Waals surface area contributed by atoms with Gasteiger partial charge in [-0.05, 0) is 25.5 Å². The van der Waals surface area contributed by atoms with E-state index < -0.39 is 18.3 Å². The highest BCUT2D eigenvalue weighted by atomic mass is 19.4. The number of hydrogen-bond acceptors (Lipinski definition) is 3. The molecule has 1 aliphatic rings. The van der Waals surface area contributed by atoms with Crippen molar-refractivity contribution in [2.75, 3.05) is 19.6 Å². The third kappa shape index (κ3) is 3.19. The zero-order valence-corrected chi connectivity index (χ0v) is 10.6. The first-order valence-corrected chi connectivity index (χ1v) is 6.04. The number of aliphatic hydroxyl groups is 1. The summed E-state index contributed by atoms with van der Waals surface area (Å²) in [4.78, 5) is 1.59. The molecule has 0 bridgehead atoms. The Morgan fingerprint density at radius 1 is 1.42 bits per heavy atom. The maximum absolute atomic E-state index is 12.6. The van der Waals surface area contributed by atoms with Crippen molar-refractivity contribution in [1.29, 1.82) is 0 Å². The Morgan fingerprint density at radius 3 is 2.74 bits per heavy atom. The molecule has 1 N–H and O–H groups in total. The van der Waals surface area contributed by atoms with Gasteiger partial charge in [-0.1, -0.05) is 6.08 Å². The Kier molecular flexibility index (Phi) is 3.73. The average molecular weight is 275 g/mol. The van der Waals surface area contributed by atoms with Crippen LogP contribution in [0.3, 0.4) is 0 Å². The normalized spacial score (nSPS) is 21.0. The molecular weight excluding hydrogens is 259 g/mol. The van der Waals surface area contributed by atoms with Gasteiger partial charge in [0.15, 0.2) is 5.60 Å². The zero-order valence-electron chi connectivity index (χ0n) is 10.6. The molecule has 0 saturated carbocycles. The fourth-order valence-corrected chi connectivity index (χ4v) is 2.11. The van der Waals surface area contributed by atoms with Gasteiger partial charge in [0.25, 0.3) is 0 Å². The Balaban J connectivity index is 2.03. The van der Waals surface area contributed by atoms with Gasteiger partial charge < -0.3 is 9.52 Å². The van der Waals surface area contributed by atoms with Crippen molar-refractivity contribution in [3.8, 4) is 0 Å². The van der Waals surface area contributed by atoms with Gasteiger partial charge in [0.05, 0.1) is 6.26 Å². The maximum Gasteiger partial charge on any atom is 0.418 e. The van der Waals surface area contributed by atoms with Crippen LogP contribution < -0.4 is 0 Å². The van der Waals surface area contributed by atoms with Crippen LogP contribution >= 0.6 is 0 Å². The molecule has 0 aromatic carbocycles. The number of rotatable bonds is 3. The second kappa shape index (κ2) is 5.02. The third-order valence-corrected chi connectivity index (χ3v) is 3.21. The van der Waals surface area contributed by atoms with E-state index in [1.165, 1.54) is 6.26 Å². The monoisotopic (exact) mass is 275 g/mol. The molecule has 0 saturated heterocycles. The number of halogens is 3. The van der Waals surface area contributed by atoms with E-state index in [1.807, 2.05) is 6.08 Å². The molecule has 1 aromatic rings. The molecule has 0 spiro atoms. The summed E-state index contributed by atoms with van der Waals surface area (Å²) in [6.45, 7) is 1.21. The lowest BCUT2D eigenvalue weighted by Gasteiger charge is -2.34. The number of β-amino-alcohol motifs (C(OH)–C–C–N with tert-alkyl or cyclic N) is 1. The fraction of sp³-hybridized carbons (Fsp3) is 0.538. The smallest absolute Gasteiger partial charge is 0.418 e. The van der Waals surface area contributed by atoms with Crippen LogP contribution in [-0.4, -0.2) is 41.4 Å². The largest absolute Gasteiger partial charge is 0.465 e. The minimum Gasteiger partial charge on any atom is -0.465 e. The van der Waals surface area contributed by atoms with Crippen LogP contribution in [-0.2, 0) is 0 Å². The van der Waals surface area contributed by atoms with Crippen molar-refractivity contribution in [3.63, 3.8) is 0 Å². The number of hydrogen-bond donors (Lipinski definition) is 1. The number of furan rings is 1. The first-order valence-electron chi connectivity index (χ1n) is 6.04. The van der Waals surface area contributed by atoms with Crippen molar-refractivity contribution in [3.05, 3.63) is 30.2 Å². The van der Waals surface area contributed by atoms with E-state index in [0.717, 1.165) is 12.5 Å². The van der Waals surface area contributed by atoms with Crippen LogP contribution in [0.25, 0.3) is 5.57 Å². The summed E-state index contributed by atoms with van der Waals surface area (Å²) in [6, 6.07) is 3.51. The van der Waals surface area contributed by atoms with Crippen molar-refractivity contribution in [1.82, 2.24) is 4.90 Å². The summed E-state index contributed by atoms with van der Waals surface area (Å²) in [5, 5.41) is 9.51. The molecule has 3 nitrogen and oxygen atoms in total. The van der Waals surface area contributed by atoms with E-state index in [2.05, 4.69) is 0 Å². The van der Waals surface area contributed by atoms with Crippen molar-refractivity contribution < 1.29 is 22.7 Å². The molecule has 0 radical (unpaired) electrons. The molecule has 19 heavy (non-hydrogen) atoms. The van der Waals surface area contributed by atoms with Gasteiger partial charge in [-0.15, -0.1) is 0 Å². The molecule has 0 amide bonds. The van der Waals surface area contributed by atoms with Crippen molar-refractivity contribution in [2.24, 2.45) is 0 Å². The molecular formula is C13H16F3NO2. The summed E-state index contributed by atoms with van der Waals surface area (Å²) < 4.78 is 43.2. The van der Waals surface area contributed by atoms with Gasteiger partial charge in [0.2, 0.25) is 0 Å². The van der Waals surface area contributed by atoms with E-state index in [9.17, 15) is 18.3 Å². The summed E-state index contributed by atoms with van der Waals surface area (Å²) in [6.07, 6.45) is -0.498. The van der Waals surface area contributed by atoms with Crippen LogP contribution in [0.15, 0.2) is 28.9 Å². The first kappa shape index (κ1) is 14.1. The van der Waals surface area contributed by atoms with E-state index >= 15 is 0 Å². The van der Waals surface area contributed by atoms with Crippen molar-refractivity contribution in [2.45, 2.75) is 25.1 Å². The van der Waals surface area contributed by atoms with E-state index in [-0.39, 0.29) is 0 Å². The van der Waals surface area contributed by atoms with Gasteiger partial charge in [0, 0.05) is 25.2 Å². The van der Waals surface area contributed by atoms with Crippen LogP contribution in [0.1, 0.15) is 19.1 Å². The Bertz CT molecular complexity index is 449. The maximum atomic E-state index is 12.6. The lowest BCUT2D eigenvalue weighted by Crippen LogP contribution is -2.52. The standard InChI is InChI=1S/C13H16F3NO2/c1-12(18,13(14,15)16)9-17-6-2-4-10(8-17)11-5-3-7-19-11/h3-5,7,18H,2,6,8-9H2,1H3. The minimum atomic E-state index is -4.63. The predicted molar refractivity (Wildman–Crippen MR) is 64.4 cm³/mol. The molecule has 0 fully saturated rings. The van der Waals surface area contributed by atoms with Gasteiger partial charge in [-0.25, -0.2) is 0 Å². The second-order valence-corrected chi connectivity index (χ2v) is 4.98. The summed E-state index contributed by atoms with van der Waals surface area (Å²) in [5.41, 5.74) is -1.84. The highest BCUT2D eigenvalue weighted by Gasteiger charge is 2.50. The van der Waals surface area contributed by atoms with Crippen LogP contribution in [0.2, 0.25) is 0 Å². The average Bonchev–Trinajstić information content (AvgIpc) is 2.80. The Morgan fingerprint density at radius 2 is 2.16 bits per heavy atom. The molecule has 1 unspecified atom stereocenters. The second-order valence-electron chi connectivity index (χ2n) is 4.98. The van der Waals surface area contributed by atoms with Crippen LogP contribution in [0.5, 0.6) is 0 Å². The fourth-order valence-electron chi connectivity index (χ4n) is 2.11. The molecule has 1 atom stereocenters. The van der Waals surface area contributed by atoms with Gasteiger partial charge in [-0.3, -0.25) is 4.90 Å². The summed E-state index contributed by atoms with van der Waals surface area (Å²) >= 11 is 0. The van der Waals surface area contributed by atoms with Gasteiger partial charge >= 0.3 is 6.18 Å². The topological polar surface area (TPSA) is 36.6 Å². The third-order valence-electron chi connectivity index (χ3n) is 3.21. The highest BCUT2D eigenvalue weighted by molar-refractivity contribution is 5.63. The first-order chi connectivity index (χ1) is 8.79. The minimum absolute atomic E-state index is 0.347. The Labute approximate surface area is 109 Å². The molecule has 0 aliphatic carbocycles. The molecule has 6 heteroatoms. The zero-order chi connectivity index (χ0) is 14.1. The molecule has 2 rings (SSSR count). The lowest BCUT2D eigenvalue weighted by molar-refractivity contribution is -0.257. The number of alkyl halides is 3. The predicted octanol–water partition coefficient (Wildman–Crippen LogP) is 2.68. The quantitative estimate of drug-likeness (QED) is 0.921. The number of nitrogens with zero attached hydrogens (tertiary/aromatic N) is 1. The molecule has 2 heterocycles. The lowest BCUT2D eigenvalue weighted by atomic mass is 10.0.